The van der Waals surface area contributed by atoms with E-state index in [4.69, 9.17) is 9.47 Å². The summed E-state index contributed by atoms with van der Waals surface area (Å²) in [5.41, 5.74) is 2.28. The van der Waals surface area contributed by atoms with Gasteiger partial charge in [-0.1, -0.05) is 0 Å². The van der Waals surface area contributed by atoms with Gasteiger partial charge in [0.25, 0.3) is 0 Å². The van der Waals surface area contributed by atoms with E-state index in [1.807, 2.05) is 6.20 Å². The molecule has 172 valence electrons. The van der Waals surface area contributed by atoms with Gasteiger partial charge in [0.05, 0.1) is 57.3 Å². The summed E-state index contributed by atoms with van der Waals surface area (Å²) >= 11 is 0. The molecule has 0 spiro atoms. The highest BCUT2D eigenvalue weighted by atomic mass is 19.1. The Bertz CT molecular complexity index is 1280. The van der Waals surface area contributed by atoms with Crippen LogP contribution in [0.3, 0.4) is 0 Å². The van der Waals surface area contributed by atoms with Gasteiger partial charge in [-0.2, -0.15) is 5.10 Å². The van der Waals surface area contributed by atoms with Gasteiger partial charge in [0.2, 0.25) is 0 Å². The van der Waals surface area contributed by atoms with E-state index in [2.05, 4.69) is 20.1 Å². The molecule has 0 aliphatic heterocycles. The van der Waals surface area contributed by atoms with Crippen molar-refractivity contribution in [2.45, 2.75) is 6.10 Å². The fourth-order valence-electron chi connectivity index (χ4n) is 3.34. The number of benzene rings is 1. The van der Waals surface area contributed by atoms with Crippen LogP contribution in [0, 0.1) is 5.82 Å². The van der Waals surface area contributed by atoms with Crippen molar-refractivity contribution in [3.8, 4) is 22.8 Å². The molecule has 0 aliphatic rings. The maximum atomic E-state index is 15.2. The summed E-state index contributed by atoms with van der Waals surface area (Å²) in [6.07, 6.45) is 3.94. The van der Waals surface area contributed by atoms with Crippen molar-refractivity contribution in [2.75, 3.05) is 32.3 Å². The van der Waals surface area contributed by atoms with Crippen molar-refractivity contribution in [3.63, 3.8) is 0 Å². The Kier molecular flexibility index (Phi) is 6.33. The van der Waals surface area contributed by atoms with Gasteiger partial charge in [-0.25, -0.2) is 14.4 Å². The number of nitrogens with zero attached hydrogens (tertiary/aromatic N) is 6. The molecule has 3 aromatic heterocycles. The molecule has 1 atom stereocenters. The molecule has 11 heteroatoms. The Balaban J connectivity index is 1.84. The Hall–Kier alpha value is -3.83. The highest BCUT2D eigenvalue weighted by Crippen LogP contribution is 2.36. The molecule has 10 nitrogen and oxygen atoms in total. The second-order valence-electron chi connectivity index (χ2n) is 7.28. The third-order valence-corrected chi connectivity index (χ3v) is 5.01. The number of aliphatic hydroxyl groups excluding tert-OH is 2. The maximum absolute atomic E-state index is 15.2. The number of anilines is 2. The minimum atomic E-state index is -1.16. The first kappa shape index (κ1) is 22.4. The molecule has 1 aromatic carbocycles. The number of hydrogen-bond acceptors (Lipinski definition) is 9. The van der Waals surface area contributed by atoms with Gasteiger partial charge in [0, 0.05) is 30.9 Å². The van der Waals surface area contributed by atoms with Crippen LogP contribution >= 0.6 is 0 Å². The van der Waals surface area contributed by atoms with Gasteiger partial charge in [-0.15, -0.1) is 0 Å². The van der Waals surface area contributed by atoms with Crippen LogP contribution in [0.25, 0.3) is 22.4 Å². The molecule has 0 saturated heterocycles. The van der Waals surface area contributed by atoms with Gasteiger partial charge < -0.3 is 24.6 Å². The summed E-state index contributed by atoms with van der Waals surface area (Å²) in [6.45, 7) is -0.657. The standard InChI is InChI=1S/C22H23FN6O4/c1-28-10-13(8-25-28)17-9-24-16-4-5-20(27-22(16)26-17)29(11-14(31)12-30)18-6-15(32-2)7-19(33-3)21(18)23/h4-10,14,30-31H,11-12H2,1-3H3. The molecular formula is C22H23FN6O4. The lowest BCUT2D eigenvalue weighted by Crippen LogP contribution is -2.32. The van der Waals surface area contributed by atoms with E-state index in [1.54, 1.807) is 36.3 Å². The van der Waals surface area contributed by atoms with Gasteiger partial charge >= 0.3 is 0 Å². The number of methoxy groups -OCH3 is 2. The maximum Gasteiger partial charge on any atom is 0.188 e. The number of aliphatic hydroxyl groups is 2. The van der Waals surface area contributed by atoms with E-state index in [-0.39, 0.29) is 18.0 Å². The molecule has 33 heavy (non-hydrogen) atoms. The minimum absolute atomic E-state index is 0.0349. The Labute approximate surface area is 188 Å². The number of aryl methyl sites for hydroxylation is 1. The zero-order valence-electron chi connectivity index (χ0n) is 18.3. The van der Waals surface area contributed by atoms with Crippen LogP contribution in [0.2, 0.25) is 0 Å². The van der Waals surface area contributed by atoms with Crippen molar-refractivity contribution in [2.24, 2.45) is 7.05 Å². The first-order chi connectivity index (χ1) is 15.9. The molecule has 2 N–H and O–H groups in total. The third kappa shape index (κ3) is 4.54. The quantitative estimate of drug-likeness (QED) is 0.412. The summed E-state index contributed by atoms with van der Waals surface area (Å²) in [6, 6.07) is 6.21. The fourth-order valence-corrected chi connectivity index (χ4v) is 3.34. The highest BCUT2D eigenvalue weighted by molar-refractivity contribution is 5.77. The van der Waals surface area contributed by atoms with Crippen LogP contribution < -0.4 is 14.4 Å². The van der Waals surface area contributed by atoms with E-state index in [9.17, 15) is 10.2 Å². The minimum Gasteiger partial charge on any atom is -0.497 e. The highest BCUT2D eigenvalue weighted by Gasteiger charge is 2.23. The second kappa shape index (κ2) is 9.35. The van der Waals surface area contributed by atoms with Gasteiger partial charge in [-0.3, -0.25) is 9.67 Å². The second-order valence-corrected chi connectivity index (χ2v) is 7.28. The van der Waals surface area contributed by atoms with Gasteiger partial charge in [0.1, 0.15) is 17.1 Å². The molecule has 0 bridgehead atoms. The Morgan fingerprint density at radius 3 is 2.64 bits per heavy atom. The van der Waals surface area contributed by atoms with Crippen LogP contribution in [0.4, 0.5) is 15.9 Å². The van der Waals surface area contributed by atoms with Crippen LogP contribution in [-0.4, -0.2) is 68.4 Å². The summed E-state index contributed by atoms with van der Waals surface area (Å²) in [5.74, 6) is -0.0548. The van der Waals surface area contributed by atoms with Crippen LogP contribution in [-0.2, 0) is 7.05 Å². The number of halogens is 1. The zero-order valence-corrected chi connectivity index (χ0v) is 18.3. The van der Waals surface area contributed by atoms with Crippen LogP contribution in [0.15, 0.2) is 42.9 Å². The lowest BCUT2D eigenvalue weighted by molar-refractivity contribution is 0.101. The summed E-state index contributed by atoms with van der Waals surface area (Å²) in [4.78, 5) is 15.0. The topological polar surface area (TPSA) is 119 Å². The van der Waals surface area contributed by atoms with E-state index < -0.39 is 18.5 Å². The normalized spacial score (nSPS) is 12.1. The summed E-state index contributed by atoms with van der Waals surface area (Å²) in [5, 5.41) is 23.7. The molecule has 0 radical (unpaired) electrons. The van der Waals surface area contributed by atoms with Crippen LogP contribution in [0.1, 0.15) is 0 Å². The van der Waals surface area contributed by atoms with Crippen molar-refractivity contribution < 1.29 is 24.1 Å². The van der Waals surface area contributed by atoms with Crippen molar-refractivity contribution in [1.29, 1.82) is 0 Å². The first-order valence-corrected chi connectivity index (χ1v) is 10.0. The molecule has 4 rings (SSSR count). The number of hydrogen-bond donors (Lipinski definition) is 2. The third-order valence-electron chi connectivity index (χ3n) is 5.01. The zero-order chi connectivity index (χ0) is 23.5. The number of rotatable bonds is 8. The summed E-state index contributed by atoms with van der Waals surface area (Å²) < 4.78 is 27.3. The van der Waals surface area contributed by atoms with Gasteiger partial charge in [0.15, 0.2) is 17.2 Å². The monoisotopic (exact) mass is 454 g/mol. The van der Waals surface area contributed by atoms with Crippen molar-refractivity contribution >= 4 is 22.7 Å². The van der Waals surface area contributed by atoms with Gasteiger partial charge in [-0.05, 0) is 12.1 Å². The van der Waals surface area contributed by atoms with Crippen molar-refractivity contribution in [3.05, 3.63) is 48.7 Å². The van der Waals surface area contributed by atoms with E-state index in [0.29, 0.717) is 28.4 Å². The average Bonchev–Trinajstić information content (AvgIpc) is 3.28. The lowest BCUT2D eigenvalue weighted by Gasteiger charge is -2.27. The molecule has 0 fully saturated rings. The molecule has 0 amide bonds. The molecular weight excluding hydrogens is 431 g/mol. The largest absolute Gasteiger partial charge is 0.497 e. The van der Waals surface area contributed by atoms with E-state index >= 15 is 4.39 Å². The SMILES string of the molecule is COc1cc(OC)c(F)c(N(CC(O)CO)c2ccc3ncc(-c4cnn(C)c4)nc3n2)c1. The van der Waals surface area contributed by atoms with E-state index in [0.717, 1.165) is 5.56 Å². The molecule has 3 heterocycles. The molecule has 0 saturated carbocycles. The lowest BCUT2D eigenvalue weighted by atomic mass is 10.2. The van der Waals surface area contributed by atoms with Crippen LogP contribution in [0.5, 0.6) is 11.5 Å². The smallest absolute Gasteiger partial charge is 0.188 e. The van der Waals surface area contributed by atoms with E-state index in [1.165, 1.54) is 31.3 Å². The Morgan fingerprint density at radius 2 is 1.97 bits per heavy atom. The predicted octanol–water partition coefficient (Wildman–Crippen LogP) is 2.07. The first-order valence-electron chi connectivity index (χ1n) is 10.0. The molecule has 0 aliphatic carbocycles. The molecule has 4 aromatic rings. The fraction of sp³-hybridized carbons (Fsp3) is 0.273. The number of ether oxygens (including phenoxy) is 2. The average molecular weight is 454 g/mol. The number of aromatic nitrogens is 5. The van der Waals surface area contributed by atoms with Crippen molar-refractivity contribution in [1.82, 2.24) is 24.7 Å². The summed E-state index contributed by atoms with van der Waals surface area (Å²) in [7, 11) is 4.60. The Morgan fingerprint density at radius 1 is 1.15 bits per heavy atom. The number of pyridine rings is 1. The predicted molar refractivity (Wildman–Crippen MR) is 119 cm³/mol. The molecule has 1 unspecified atom stereocenters. The number of fused-ring (bicyclic) bond motifs is 1.